The number of benzene rings is 2. The molecule has 0 saturated heterocycles. The second-order valence-electron chi connectivity index (χ2n) is 10.9. The number of nitrogens with two attached hydrogens (primary N) is 1. The lowest BCUT2D eigenvalue weighted by atomic mass is 9.86. The highest BCUT2D eigenvalue weighted by atomic mass is 16.5. The van der Waals surface area contributed by atoms with Crippen molar-refractivity contribution in [1.29, 1.82) is 0 Å². The van der Waals surface area contributed by atoms with Crippen molar-refractivity contribution in [2.75, 3.05) is 18.1 Å². The first-order valence-corrected chi connectivity index (χ1v) is 13.8. The van der Waals surface area contributed by atoms with Crippen LogP contribution >= 0.6 is 0 Å². The number of amides is 1. The summed E-state index contributed by atoms with van der Waals surface area (Å²) in [6.45, 7) is 5.64. The van der Waals surface area contributed by atoms with Gasteiger partial charge in [-0.2, -0.15) is 0 Å². The topological polar surface area (TPSA) is 68.5 Å². The SMILES string of the molecule is CC[C@H](C)[C@H](N)CN(C(=O)[C@@H]1C[C@H]1c1ccccn1)c1ccc(-c2ccc(OCC3CCC3)cc2)cc1. The Kier molecular flexibility index (Phi) is 7.90. The third-order valence-corrected chi connectivity index (χ3v) is 8.29. The molecule has 2 aliphatic carbocycles. The number of anilines is 1. The predicted octanol–water partition coefficient (Wildman–Crippen LogP) is 6.44. The fourth-order valence-corrected chi connectivity index (χ4v) is 5.06. The number of rotatable bonds is 11. The van der Waals surface area contributed by atoms with Gasteiger partial charge in [-0.25, -0.2) is 0 Å². The summed E-state index contributed by atoms with van der Waals surface area (Å²) in [5.74, 6) is 2.29. The molecule has 2 aliphatic rings. The lowest BCUT2D eigenvalue weighted by Gasteiger charge is -2.29. The summed E-state index contributed by atoms with van der Waals surface area (Å²) in [5, 5.41) is 0. The molecule has 0 spiro atoms. The fourth-order valence-electron chi connectivity index (χ4n) is 5.06. The Bertz CT molecular complexity index is 1160. The molecular formula is C32H39N3O2. The summed E-state index contributed by atoms with van der Waals surface area (Å²) >= 11 is 0. The maximum Gasteiger partial charge on any atom is 0.230 e. The number of carbonyl (C=O) groups excluding carboxylic acids is 1. The van der Waals surface area contributed by atoms with E-state index in [2.05, 4.69) is 55.2 Å². The van der Waals surface area contributed by atoms with Gasteiger partial charge < -0.3 is 15.4 Å². The van der Waals surface area contributed by atoms with E-state index in [-0.39, 0.29) is 23.8 Å². The molecule has 2 saturated carbocycles. The minimum absolute atomic E-state index is 0.0359. The monoisotopic (exact) mass is 497 g/mol. The Morgan fingerprint density at radius 2 is 1.76 bits per heavy atom. The molecule has 194 valence electrons. The van der Waals surface area contributed by atoms with Crippen LogP contribution in [-0.4, -0.2) is 30.1 Å². The van der Waals surface area contributed by atoms with Crippen LogP contribution in [-0.2, 0) is 4.79 Å². The van der Waals surface area contributed by atoms with Crippen molar-refractivity contribution in [3.8, 4) is 16.9 Å². The van der Waals surface area contributed by atoms with Gasteiger partial charge in [0.2, 0.25) is 5.91 Å². The molecule has 37 heavy (non-hydrogen) atoms. The van der Waals surface area contributed by atoms with E-state index in [1.807, 2.05) is 35.2 Å². The fraction of sp³-hybridized carbons (Fsp3) is 0.438. The van der Waals surface area contributed by atoms with E-state index >= 15 is 0 Å². The quantitative estimate of drug-likeness (QED) is 0.331. The zero-order valence-corrected chi connectivity index (χ0v) is 22.1. The third kappa shape index (κ3) is 6.04. The van der Waals surface area contributed by atoms with Crippen molar-refractivity contribution in [1.82, 2.24) is 4.98 Å². The van der Waals surface area contributed by atoms with Crippen molar-refractivity contribution in [3.63, 3.8) is 0 Å². The first-order valence-electron chi connectivity index (χ1n) is 13.8. The van der Waals surface area contributed by atoms with Crippen molar-refractivity contribution < 1.29 is 9.53 Å². The van der Waals surface area contributed by atoms with Gasteiger partial charge in [0.1, 0.15) is 5.75 Å². The molecule has 4 atom stereocenters. The summed E-state index contributed by atoms with van der Waals surface area (Å²) in [6.07, 6.45) is 7.55. The average molecular weight is 498 g/mol. The van der Waals surface area contributed by atoms with Crippen LogP contribution in [0, 0.1) is 17.8 Å². The first-order chi connectivity index (χ1) is 18.0. The molecule has 5 nitrogen and oxygen atoms in total. The maximum atomic E-state index is 13.7. The van der Waals surface area contributed by atoms with Crippen molar-refractivity contribution in [2.45, 2.75) is 57.9 Å². The summed E-state index contributed by atoms with van der Waals surface area (Å²) in [7, 11) is 0. The van der Waals surface area contributed by atoms with Crippen LogP contribution in [0.5, 0.6) is 5.75 Å². The van der Waals surface area contributed by atoms with Crippen LogP contribution in [0.3, 0.4) is 0 Å². The van der Waals surface area contributed by atoms with Gasteiger partial charge in [-0.3, -0.25) is 9.78 Å². The molecule has 0 radical (unpaired) electrons. The molecule has 0 unspecified atom stereocenters. The number of ether oxygens (including phenoxy) is 1. The highest BCUT2D eigenvalue weighted by Crippen LogP contribution is 2.48. The van der Waals surface area contributed by atoms with E-state index in [9.17, 15) is 4.79 Å². The van der Waals surface area contributed by atoms with Crippen LogP contribution < -0.4 is 15.4 Å². The Hall–Kier alpha value is -3.18. The standard InChI is InChI=1S/C32H39N3O2/c1-3-22(2)30(33)20-35(32(36)29-19-28(29)31-9-4-5-18-34-31)26-14-10-24(11-15-26)25-12-16-27(17-13-25)37-21-23-7-6-8-23/h4-5,9-18,22-23,28-30H,3,6-8,19-21,33H2,1-2H3/t22-,28+,29+,30+/m0/s1. The average Bonchev–Trinajstić information content (AvgIpc) is 3.72. The molecule has 2 aromatic carbocycles. The minimum Gasteiger partial charge on any atom is -0.493 e. The van der Waals surface area contributed by atoms with E-state index in [4.69, 9.17) is 10.5 Å². The van der Waals surface area contributed by atoms with Gasteiger partial charge in [0.05, 0.1) is 6.61 Å². The minimum atomic E-state index is -0.0758. The third-order valence-electron chi connectivity index (χ3n) is 8.29. The number of aromatic nitrogens is 1. The maximum absolute atomic E-state index is 13.7. The van der Waals surface area contributed by atoms with Crippen LogP contribution in [0.15, 0.2) is 72.9 Å². The molecule has 5 rings (SSSR count). The van der Waals surface area contributed by atoms with Gasteiger partial charge in [0.15, 0.2) is 0 Å². The molecule has 3 aromatic rings. The summed E-state index contributed by atoms with van der Waals surface area (Å²) in [6, 6.07) is 22.5. The molecule has 0 bridgehead atoms. The van der Waals surface area contributed by atoms with Crippen molar-refractivity contribution in [2.24, 2.45) is 23.5 Å². The lowest BCUT2D eigenvalue weighted by Crippen LogP contribution is -2.45. The molecular weight excluding hydrogens is 458 g/mol. The Labute approximate surface area is 221 Å². The highest BCUT2D eigenvalue weighted by Gasteiger charge is 2.47. The van der Waals surface area contributed by atoms with Gasteiger partial charge >= 0.3 is 0 Å². The molecule has 2 fully saturated rings. The zero-order chi connectivity index (χ0) is 25.8. The van der Waals surface area contributed by atoms with Crippen LogP contribution in [0.25, 0.3) is 11.1 Å². The van der Waals surface area contributed by atoms with Gasteiger partial charge in [-0.05, 0) is 78.6 Å². The zero-order valence-electron chi connectivity index (χ0n) is 22.1. The lowest BCUT2D eigenvalue weighted by molar-refractivity contribution is -0.120. The van der Waals surface area contributed by atoms with Gasteiger partial charge in [-0.15, -0.1) is 0 Å². The Morgan fingerprint density at radius 3 is 2.35 bits per heavy atom. The van der Waals surface area contributed by atoms with Gasteiger partial charge in [-0.1, -0.05) is 57.0 Å². The van der Waals surface area contributed by atoms with E-state index in [0.29, 0.717) is 12.5 Å². The molecule has 0 aliphatic heterocycles. The van der Waals surface area contributed by atoms with Gasteiger partial charge in [0, 0.05) is 42.0 Å². The molecule has 5 heteroatoms. The van der Waals surface area contributed by atoms with E-state index in [1.54, 1.807) is 6.20 Å². The Morgan fingerprint density at radius 1 is 1.05 bits per heavy atom. The molecule has 1 heterocycles. The number of hydrogen-bond acceptors (Lipinski definition) is 4. The summed E-state index contributed by atoms with van der Waals surface area (Å²) in [5.41, 5.74) is 10.7. The number of carbonyl (C=O) groups is 1. The Balaban J connectivity index is 1.29. The number of hydrogen-bond donors (Lipinski definition) is 1. The van der Waals surface area contributed by atoms with Crippen molar-refractivity contribution >= 4 is 11.6 Å². The second kappa shape index (κ2) is 11.5. The summed E-state index contributed by atoms with van der Waals surface area (Å²) in [4.78, 5) is 20.1. The van der Waals surface area contributed by atoms with E-state index < -0.39 is 0 Å². The molecule has 1 amide bonds. The second-order valence-corrected chi connectivity index (χ2v) is 10.9. The normalized spacial score (nSPS) is 20.5. The van der Waals surface area contributed by atoms with Crippen LogP contribution in [0.1, 0.15) is 57.6 Å². The predicted molar refractivity (Wildman–Crippen MR) is 150 cm³/mol. The highest BCUT2D eigenvalue weighted by molar-refractivity contribution is 5.97. The smallest absolute Gasteiger partial charge is 0.230 e. The number of nitrogens with zero attached hydrogens (tertiary/aromatic N) is 2. The van der Waals surface area contributed by atoms with Gasteiger partial charge in [0.25, 0.3) is 0 Å². The largest absolute Gasteiger partial charge is 0.493 e. The van der Waals surface area contributed by atoms with E-state index in [1.165, 1.54) is 19.3 Å². The molecule has 2 N–H and O–H groups in total. The number of pyridine rings is 1. The molecule has 1 aromatic heterocycles. The summed E-state index contributed by atoms with van der Waals surface area (Å²) < 4.78 is 5.95. The van der Waals surface area contributed by atoms with Crippen LogP contribution in [0.4, 0.5) is 5.69 Å². The first kappa shape index (κ1) is 25.5. The van der Waals surface area contributed by atoms with Crippen LogP contribution in [0.2, 0.25) is 0 Å². The van der Waals surface area contributed by atoms with E-state index in [0.717, 1.165) is 53.6 Å². The van der Waals surface area contributed by atoms with Crippen molar-refractivity contribution in [3.05, 3.63) is 78.6 Å².